The molecule has 0 saturated carbocycles. The fourth-order valence-electron chi connectivity index (χ4n) is 5.84. The van der Waals surface area contributed by atoms with E-state index in [1.165, 1.54) is 54.2 Å². The van der Waals surface area contributed by atoms with Gasteiger partial charge in [0.1, 0.15) is 0 Å². The number of fused-ring (bicyclic) bond motifs is 5. The van der Waals surface area contributed by atoms with E-state index in [0.29, 0.717) is 0 Å². The van der Waals surface area contributed by atoms with E-state index in [1.54, 1.807) is 0 Å². The second kappa shape index (κ2) is 18.8. The Bertz CT molecular complexity index is 2150. The summed E-state index contributed by atoms with van der Waals surface area (Å²) >= 11 is -1.85. The van der Waals surface area contributed by atoms with E-state index in [4.69, 9.17) is 17.0 Å². The van der Waals surface area contributed by atoms with Gasteiger partial charge in [0, 0.05) is 0 Å². The van der Waals surface area contributed by atoms with Crippen LogP contribution in [0.25, 0.3) is 43.1 Å². The summed E-state index contributed by atoms with van der Waals surface area (Å²) < 4.78 is 3.37. The maximum atomic E-state index is 5.13. The van der Waals surface area contributed by atoms with Crippen LogP contribution in [0.1, 0.15) is 63.8 Å². The average Bonchev–Trinajstić information content (AvgIpc) is 3.80. The zero-order chi connectivity index (χ0) is 37.9. The van der Waals surface area contributed by atoms with Crippen LogP contribution in [-0.4, -0.2) is 4.21 Å². The topological polar surface area (TPSA) is 0 Å². The van der Waals surface area contributed by atoms with Crippen molar-refractivity contribution in [3.8, 4) is 0 Å². The van der Waals surface area contributed by atoms with Gasteiger partial charge >= 0.3 is 40.1 Å². The van der Waals surface area contributed by atoms with E-state index >= 15 is 0 Å². The predicted octanol–water partition coefficient (Wildman–Crippen LogP) is 15.1. The average molecular weight is 801 g/mol. The maximum Gasteiger partial charge on any atom is -0.172 e. The molecule has 52 heavy (non-hydrogen) atoms. The number of rotatable bonds is 0. The molecule has 0 bridgehead atoms. The Balaban J connectivity index is 0.000000165. The predicted molar refractivity (Wildman–Crippen MR) is 232 cm³/mol. The van der Waals surface area contributed by atoms with Crippen molar-refractivity contribution in [2.24, 2.45) is 0 Å². The molecule has 0 N–H and O–H groups in total. The smallest absolute Gasteiger partial charge is 0.172 e. The first-order valence-corrected chi connectivity index (χ1v) is 25.6. The third-order valence-corrected chi connectivity index (χ3v) is 8.76. The van der Waals surface area contributed by atoms with Gasteiger partial charge in [-0.2, -0.15) is 55.3 Å². The molecule has 0 radical (unpaired) electrons. The van der Waals surface area contributed by atoms with Crippen molar-refractivity contribution in [3.05, 3.63) is 194 Å². The number of hydrogen-bond acceptors (Lipinski definition) is 0. The number of benzene rings is 6. The molecule has 8 aromatic carbocycles. The van der Waals surface area contributed by atoms with Gasteiger partial charge in [-0.15, -0.1) is 74.8 Å². The van der Waals surface area contributed by atoms with E-state index < -0.39 is 18.9 Å². The van der Waals surface area contributed by atoms with Crippen molar-refractivity contribution in [1.29, 1.82) is 0 Å². The molecule has 0 saturated heterocycles. The van der Waals surface area contributed by atoms with Gasteiger partial charge in [-0.1, -0.05) is 136 Å². The van der Waals surface area contributed by atoms with Crippen LogP contribution in [0, 0.1) is 13.8 Å². The van der Waals surface area contributed by atoms with Crippen molar-refractivity contribution in [1.82, 2.24) is 0 Å². The quantitative estimate of drug-likeness (QED) is 0.134. The zero-order valence-electron chi connectivity index (χ0n) is 31.4. The minimum atomic E-state index is -1.85. The van der Waals surface area contributed by atoms with Crippen molar-refractivity contribution in [2.45, 2.75) is 52.4 Å². The van der Waals surface area contributed by atoms with E-state index in [0.717, 1.165) is 11.1 Å². The Kier molecular flexibility index (Phi) is 14.8. The molecular weight excluding hydrogens is 751 g/mol. The van der Waals surface area contributed by atoms with Gasteiger partial charge in [-0.25, -0.2) is 12.1 Å². The second-order valence-corrected chi connectivity index (χ2v) is 23.0. The normalized spacial score (nSPS) is 10.9. The summed E-state index contributed by atoms with van der Waals surface area (Å²) in [6, 6.07) is 55.0. The third-order valence-electron chi connectivity index (χ3n) is 8.76. The minimum Gasteiger partial charge on any atom is -0.214 e. The summed E-state index contributed by atoms with van der Waals surface area (Å²) in [5.41, 5.74) is 5.40. The monoisotopic (exact) mass is 798 g/mol. The van der Waals surface area contributed by atoms with Crippen LogP contribution in [0.5, 0.6) is 0 Å². The standard InChI is InChI=1S/C21H25.2C11H9.C5H5.CH2.2ClH.Zr/c1-20(2,3)16-9-7-14-11-15-8-10-17(21(4,5)6)13-19(15)18(14)12-16;2*1-9-5-4-7-10-6-2-3-8-11(9)10;1-2-4-5-3-1;;;;/h7-13H,1-6H3;2*2-8H,1H2;1-5H;1H2;2*1H;/q4*-1;;;;+2/p-2. The minimum absolute atomic E-state index is 0.194. The summed E-state index contributed by atoms with van der Waals surface area (Å²) in [6.07, 6.45) is 0. The van der Waals surface area contributed by atoms with Crippen molar-refractivity contribution in [2.75, 3.05) is 0 Å². The van der Waals surface area contributed by atoms with Crippen LogP contribution in [-0.2, 0) is 29.7 Å². The van der Waals surface area contributed by atoms with Gasteiger partial charge in [0.25, 0.3) is 0 Å². The van der Waals surface area contributed by atoms with E-state index in [1.807, 2.05) is 78.9 Å². The first-order valence-electron chi connectivity index (χ1n) is 17.6. The molecule has 0 aliphatic heterocycles. The molecule has 8 aromatic rings. The van der Waals surface area contributed by atoms with Crippen LogP contribution >= 0.6 is 17.0 Å². The van der Waals surface area contributed by atoms with Crippen molar-refractivity contribution < 1.29 is 18.9 Å². The van der Waals surface area contributed by atoms with Crippen molar-refractivity contribution in [3.63, 3.8) is 0 Å². The van der Waals surface area contributed by atoms with Crippen LogP contribution in [0.3, 0.4) is 0 Å². The van der Waals surface area contributed by atoms with Crippen molar-refractivity contribution >= 4 is 64.3 Å². The molecule has 3 heteroatoms. The molecule has 8 rings (SSSR count). The molecule has 0 nitrogen and oxygen atoms in total. The molecule has 0 spiro atoms. The Morgan fingerprint density at radius 3 is 1.19 bits per heavy atom. The number of halogens is 2. The summed E-state index contributed by atoms with van der Waals surface area (Å²) in [4.78, 5) is 0. The Hall–Kier alpha value is -3.87. The van der Waals surface area contributed by atoms with Gasteiger partial charge in [0.15, 0.2) is 0 Å². The molecule has 0 aromatic heterocycles. The molecule has 0 atom stereocenters. The van der Waals surface area contributed by atoms with E-state index in [2.05, 4.69) is 138 Å². The van der Waals surface area contributed by atoms with E-state index in [9.17, 15) is 0 Å². The largest absolute Gasteiger partial charge is 0.214 e. The molecule has 0 aliphatic rings. The van der Waals surface area contributed by atoms with E-state index in [-0.39, 0.29) is 10.8 Å². The zero-order valence-corrected chi connectivity index (χ0v) is 35.4. The third kappa shape index (κ3) is 11.8. The summed E-state index contributed by atoms with van der Waals surface area (Å²) in [7, 11) is 10.3. The Morgan fingerprint density at radius 2 is 0.865 bits per heavy atom. The van der Waals surface area contributed by atoms with Gasteiger partial charge in [0.2, 0.25) is 0 Å². The molecule has 0 amide bonds. The number of hydrogen-bond donors (Lipinski definition) is 0. The van der Waals surface area contributed by atoms with Gasteiger partial charge < -0.3 is 0 Å². The van der Waals surface area contributed by atoms with Crippen LogP contribution < -0.4 is 0 Å². The summed E-state index contributed by atoms with van der Waals surface area (Å²) in [5.74, 6) is 0. The fourth-order valence-corrected chi connectivity index (χ4v) is 5.84. The van der Waals surface area contributed by atoms with Gasteiger partial charge in [-0.05, 0) is 10.8 Å². The molecule has 0 unspecified atom stereocenters. The Labute approximate surface area is 327 Å². The van der Waals surface area contributed by atoms with Gasteiger partial charge in [0.05, 0.1) is 0 Å². The van der Waals surface area contributed by atoms with Gasteiger partial charge in [-0.3, -0.25) is 0 Å². The molecule has 0 heterocycles. The summed E-state index contributed by atoms with van der Waals surface area (Å²) in [5, 5.41) is 10.5. The second-order valence-electron chi connectivity index (χ2n) is 14.8. The molecule has 0 fully saturated rings. The van der Waals surface area contributed by atoms with Crippen LogP contribution in [0.2, 0.25) is 0 Å². The Morgan fingerprint density at radius 1 is 0.500 bits per heavy atom. The first kappa shape index (κ1) is 40.9. The fraction of sp³-hybridized carbons (Fsp3) is 0.163. The molecule has 0 aliphatic carbocycles. The SMILES string of the molecule is CC(C)(C)c1ccc2[cH-]c3ccc(C(C)(C)C)cc3c2c1.[CH2-]c1cccc2ccccc12.[CH2-]c1cccc2ccccc12.[CH2]=[Zr]([Cl])[Cl].c1cc[cH-]c1. The van der Waals surface area contributed by atoms with Crippen LogP contribution in [0.4, 0.5) is 0 Å². The van der Waals surface area contributed by atoms with Crippen LogP contribution in [0.15, 0.2) is 158 Å². The maximum absolute atomic E-state index is 5.13. The molecule has 268 valence electrons. The molecular formula is C49H50Cl2Zr-4. The first-order chi connectivity index (χ1) is 24.6. The summed E-state index contributed by atoms with van der Waals surface area (Å²) in [6.45, 7) is 21.6.